The Hall–Kier alpha value is -1.53. The van der Waals surface area contributed by atoms with Crippen molar-refractivity contribution in [2.75, 3.05) is 13.2 Å². The molecule has 22 heavy (non-hydrogen) atoms. The van der Waals surface area contributed by atoms with E-state index in [2.05, 4.69) is 0 Å². The molecule has 4 nitrogen and oxygen atoms in total. The molecule has 2 fully saturated rings. The molecule has 1 saturated heterocycles. The summed E-state index contributed by atoms with van der Waals surface area (Å²) in [4.78, 5) is 12.0. The van der Waals surface area contributed by atoms with Crippen LogP contribution in [0.2, 0.25) is 0 Å². The number of benzene rings is 1. The average Bonchev–Trinajstić information content (AvgIpc) is 3.17. The average molecular weight is 312 g/mol. The molecule has 0 spiro atoms. The van der Waals surface area contributed by atoms with Crippen LogP contribution >= 0.6 is 0 Å². The van der Waals surface area contributed by atoms with Crippen molar-refractivity contribution >= 4 is 5.97 Å². The van der Waals surface area contributed by atoms with E-state index in [0.717, 1.165) is 18.2 Å². The first-order valence-electron chi connectivity index (χ1n) is 7.29. The minimum Gasteiger partial charge on any atom is -0.463 e. The SMILES string of the molecule is CC1(C)OC[C@H](COC(=O)[C@@H]2C[C@H]2c2cc(F)ccc2F)O1. The highest BCUT2D eigenvalue weighted by Crippen LogP contribution is 2.49. The van der Waals surface area contributed by atoms with Gasteiger partial charge >= 0.3 is 5.97 Å². The van der Waals surface area contributed by atoms with Gasteiger partial charge in [0.2, 0.25) is 0 Å². The summed E-state index contributed by atoms with van der Waals surface area (Å²) >= 11 is 0. The van der Waals surface area contributed by atoms with Gasteiger partial charge in [0.15, 0.2) is 5.79 Å². The molecule has 1 heterocycles. The fraction of sp³-hybridized carbons (Fsp3) is 0.562. The molecule has 0 aromatic heterocycles. The van der Waals surface area contributed by atoms with Crippen LogP contribution in [-0.2, 0) is 19.0 Å². The van der Waals surface area contributed by atoms with Crippen LogP contribution in [0.25, 0.3) is 0 Å². The monoisotopic (exact) mass is 312 g/mol. The summed E-state index contributed by atoms with van der Waals surface area (Å²) in [5.41, 5.74) is 0.239. The van der Waals surface area contributed by atoms with Gasteiger partial charge in [0.25, 0.3) is 0 Å². The summed E-state index contributed by atoms with van der Waals surface area (Å²) < 4.78 is 43.0. The smallest absolute Gasteiger partial charge is 0.309 e. The van der Waals surface area contributed by atoms with Crippen LogP contribution in [-0.4, -0.2) is 31.1 Å². The van der Waals surface area contributed by atoms with E-state index >= 15 is 0 Å². The number of rotatable bonds is 4. The molecule has 0 radical (unpaired) electrons. The molecule has 0 unspecified atom stereocenters. The topological polar surface area (TPSA) is 44.8 Å². The van der Waals surface area contributed by atoms with Crippen molar-refractivity contribution in [3.8, 4) is 0 Å². The number of hydrogen-bond donors (Lipinski definition) is 0. The van der Waals surface area contributed by atoms with Gasteiger partial charge in [0.05, 0.1) is 12.5 Å². The van der Waals surface area contributed by atoms with Crippen molar-refractivity contribution in [2.24, 2.45) is 5.92 Å². The molecular weight excluding hydrogens is 294 g/mol. The van der Waals surface area contributed by atoms with Crippen LogP contribution in [0.1, 0.15) is 31.7 Å². The lowest BCUT2D eigenvalue weighted by molar-refractivity contribution is -0.159. The van der Waals surface area contributed by atoms with Crippen LogP contribution in [0.5, 0.6) is 0 Å². The van der Waals surface area contributed by atoms with E-state index in [1.165, 1.54) is 0 Å². The normalized spacial score (nSPS) is 29.4. The fourth-order valence-corrected chi connectivity index (χ4v) is 2.73. The zero-order valence-electron chi connectivity index (χ0n) is 12.5. The number of halogens is 2. The van der Waals surface area contributed by atoms with Gasteiger partial charge in [-0.15, -0.1) is 0 Å². The highest BCUT2D eigenvalue weighted by atomic mass is 19.1. The van der Waals surface area contributed by atoms with Gasteiger partial charge < -0.3 is 14.2 Å². The Kier molecular flexibility index (Phi) is 3.91. The third-order valence-corrected chi connectivity index (χ3v) is 3.93. The molecule has 0 amide bonds. The molecule has 120 valence electrons. The van der Waals surface area contributed by atoms with Crippen LogP contribution in [0.3, 0.4) is 0 Å². The maximum absolute atomic E-state index is 13.7. The van der Waals surface area contributed by atoms with Crippen LogP contribution in [0, 0.1) is 17.6 Å². The number of ether oxygens (including phenoxy) is 3. The highest BCUT2D eigenvalue weighted by Gasteiger charge is 2.47. The first-order valence-corrected chi connectivity index (χ1v) is 7.29. The Morgan fingerprint density at radius 2 is 2.18 bits per heavy atom. The lowest BCUT2D eigenvalue weighted by atomic mass is 10.1. The van der Waals surface area contributed by atoms with Gasteiger partial charge in [0.1, 0.15) is 24.3 Å². The Labute approximate surface area is 127 Å². The van der Waals surface area contributed by atoms with Gasteiger partial charge in [0, 0.05) is 5.92 Å². The van der Waals surface area contributed by atoms with E-state index in [9.17, 15) is 13.6 Å². The summed E-state index contributed by atoms with van der Waals surface area (Å²) in [5.74, 6) is -2.77. The predicted octanol–water partition coefficient (Wildman–Crippen LogP) is 2.76. The standard InChI is InChI=1S/C16H18F2O4/c1-16(2)21-8-10(22-16)7-20-15(19)13-6-11(13)12-5-9(17)3-4-14(12)18/h3-5,10-11,13H,6-8H2,1-2H3/t10-,11-,13+/m0/s1. The summed E-state index contributed by atoms with van der Waals surface area (Å²) in [6.07, 6.45) is 0.189. The number of carbonyl (C=O) groups is 1. The van der Waals surface area contributed by atoms with E-state index in [1.54, 1.807) is 13.8 Å². The second-order valence-corrected chi connectivity index (χ2v) is 6.20. The van der Waals surface area contributed by atoms with E-state index < -0.39 is 29.3 Å². The molecule has 1 aromatic rings. The van der Waals surface area contributed by atoms with Crippen molar-refractivity contribution in [3.63, 3.8) is 0 Å². The Morgan fingerprint density at radius 1 is 1.41 bits per heavy atom. The largest absolute Gasteiger partial charge is 0.463 e. The maximum Gasteiger partial charge on any atom is 0.309 e. The third kappa shape index (κ3) is 3.28. The highest BCUT2D eigenvalue weighted by molar-refractivity contribution is 5.77. The lowest BCUT2D eigenvalue weighted by Gasteiger charge is -2.17. The molecular formula is C16H18F2O4. The minimum absolute atomic E-state index is 0.108. The van der Waals surface area contributed by atoms with Gasteiger partial charge in [-0.25, -0.2) is 8.78 Å². The molecule has 1 aliphatic carbocycles. The molecule has 1 saturated carbocycles. The Morgan fingerprint density at radius 3 is 2.86 bits per heavy atom. The summed E-state index contributed by atoms with van der Waals surface area (Å²) in [5, 5.41) is 0. The zero-order chi connectivity index (χ0) is 15.9. The molecule has 3 rings (SSSR count). The van der Waals surface area contributed by atoms with E-state index in [1.807, 2.05) is 0 Å². The van der Waals surface area contributed by atoms with Crippen LogP contribution < -0.4 is 0 Å². The zero-order valence-corrected chi connectivity index (χ0v) is 12.5. The lowest BCUT2D eigenvalue weighted by Crippen LogP contribution is -2.25. The molecule has 2 aliphatic rings. The van der Waals surface area contributed by atoms with Crippen LogP contribution in [0.15, 0.2) is 18.2 Å². The third-order valence-electron chi connectivity index (χ3n) is 3.93. The maximum atomic E-state index is 13.7. The molecule has 3 atom stereocenters. The number of hydrogen-bond acceptors (Lipinski definition) is 4. The van der Waals surface area contributed by atoms with Crippen molar-refractivity contribution in [1.29, 1.82) is 0 Å². The summed E-state index contributed by atoms with van der Waals surface area (Å²) in [7, 11) is 0. The van der Waals surface area contributed by atoms with Gasteiger partial charge in [-0.2, -0.15) is 0 Å². The van der Waals surface area contributed by atoms with Gasteiger partial charge in [-0.3, -0.25) is 4.79 Å². The van der Waals surface area contributed by atoms with Crippen molar-refractivity contribution in [2.45, 2.75) is 38.1 Å². The van der Waals surface area contributed by atoms with E-state index in [0.29, 0.717) is 13.0 Å². The van der Waals surface area contributed by atoms with E-state index in [4.69, 9.17) is 14.2 Å². The molecule has 1 aliphatic heterocycles. The van der Waals surface area contributed by atoms with Crippen molar-refractivity contribution in [1.82, 2.24) is 0 Å². The first-order chi connectivity index (χ1) is 10.4. The summed E-state index contributed by atoms with van der Waals surface area (Å²) in [6, 6.07) is 3.29. The van der Waals surface area contributed by atoms with Crippen molar-refractivity contribution < 1.29 is 27.8 Å². The second-order valence-electron chi connectivity index (χ2n) is 6.20. The van der Waals surface area contributed by atoms with E-state index in [-0.39, 0.29) is 24.2 Å². The van der Waals surface area contributed by atoms with Gasteiger partial charge in [-0.1, -0.05) is 0 Å². The minimum atomic E-state index is -0.663. The molecule has 0 bridgehead atoms. The fourth-order valence-electron chi connectivity index (χ4n) is 2.73. The molecule has 1 aromatic carbocycles. The molecule has 6 heteroatoms. The van der Waals surface area contributed by atoms with Crippen molar-refractivity contribution in [3.05, 3.63) is 35.4 Å². The summed E-state index contributed by atoms with van der Waals surface area (Å²) in [6.45, 7) is 4.06. The molecule has 0 N–H and O–H groups in total. The quantitative estimate of drug-likeness (QED) is 0.802. The number of carbonyl (C=O) groups excluding carboxylic acids is 1. The Balaban J connectivity index is 1.52. The second kappa shape index (κ2) is 5.59. The Bertz CT molecular complexity index is 588. The predicted molar refractivity (Wildman–Crippen MR) is 73.1 cm³/mol. The number of esters is 1. The van der Waals surface area contributed by atoms with Gasteiger partial charge in [-0.05, 0) is 44.0 Å². The first kappa shape index (κ1) is 15.4. The van der Waals surface area contributed by atoms with Crippen LogP contribution in [0.4, 0.5) is 8.78 Å².